The molecule has 1 aliphatic carbocycles. The number of fused-ring (bicyclic) bond motifs is 1. The maximum Gasteiger partial charge on any atom is 0.255 e. The van der Waals surface area contributed by atoms with Crippen LogP contribution in [0.1, 0.15) is 59.6 Å². The Morgan fingerprint density at radius 3 is 2.88 bits per heavy atom. The fourth-order valence-corrected chi connectivity index (χ4v) is 4.50. The van der Waals surface area contributed by atoms with Crippen molar-refractivity contribution in [3.05, 3.63) is 40.8 Å². The first kappa shape index (κ1) is 16.2. The molecule has 2 aromatic heterocycles. The summed E-state index contributed by atoms with van der Waals surface area (Å²) >= 11 is 0. The van der Waals surface area contributed by atoms with Crippen LogP contribution in [0.25, 0.3) is 0 Å². The number of amides is 1. The summed E-state index contributed by atoms with van der Waals surface area (Å²) in [5.41, 5.74) is 2.37. The van der Waals surface area contributed by atoms with Crippen molar-refractivity contribution in [3.63, 3.8) is 0 Å². The second kappa shape index (κ2) is 5.93. The fraction of sp³-hybridized carbons (Fsp3) is 0.579. The van der Waals surface area contributed by atoms with Crippen LogP contribution in [0.5, 0.6) is 0 Å². The van der Waals surface area contributed by atoms with Crippen molar-refractivity contribution in [3.8, 4) is 0 Å². The van der Waals surface area contributed by atoms with Crippen LogP contribution in [-0.4, -0.2) is 39.0 Å². The standard InChI is InChI=1S/C19H24N4O2/c1-4-15-7-8-16(12(2)20-15)17(24)23-10-14-6-5-9-19(14,11-23)18-21-13(3)22-25-18/h7-8,14H,4-6,9-11H2,1-3H3/t14-,19-/m0/s1. The Morgan fingerprint density at radius 1 is 1.36 bits per heavy atom. The summed E-state index contributed by atoms with van der Waals surface area (Å²) in [6.45, 7) is 7.25. The van der Waals surface area contributed by atoms with Crippen molar-refractivity contribution >= 4 is 5.91 Å². The van der Waals surface area contributed by atoms with E-state index in [0.29, 0.717) is 29.7 Å². The number of aromatic nitrogens is 3. The van der Waals surface area contributed by atoms with Gasteiger partial charge in [0.2, 0.25) is 5.89 Å². The van der Waals surface area contributed by atoms with Crippen LogP contribution in [0, 0.1) is 19.8 Å². The summed E-state index contributed by atoms with van der Waals surface area (Å²) in [7, 11) is 0. The molecule has 132 valence electrons. The second-order valence-electron chi connectivity index (χ2n) is 7.37. The van der Waals surface area contributed by atoms with E-state index in [9.17, 15) is 4.79 Å². The number of rotatable bonds is 3. The van der Waals surface area contributed by atoms with E-state index in [-0.39, 0.29) is 11.3 Å². The number of likely N-dealkylation sites (tertiary alicyclic amines) is 1. The van der Waals surface area contributed by atoms with E-state index in [1.165, 1.54) is 0 Å². The van der Waals surface area contributed by atoms with Crippen LogP contribution in [0.15, 0.2) is 16.7 Å². The lowest BCUT2D eigenvalue weighted by Gasteiger charge is -2.24. The van der Waals surface area contributed by atoms with Crippen molar-refractivity contribution in [2.75, 3.05) is 13.1 Å². The lowest BCUT2D eigenvalue weighted by Crippen LogP contribution is -2.35. The topological polar surface area (TPSA) is 72.1 Å². The number of aryl methyl sites for hydroxylation is 3. The first-order valence-corrected chi connectivity index (χ1v) is 9.10. The highest BCUT2D eigenvalue weighted by atomic mass is 16.5. The monoisotopic (exact) mass is 340 g/mol. The van der Waals surface area contributed by atoms with Gasteiger partial charge in [-0.2, -0.15) is 4.98 Å². The van der Waals surface area contributed by atoms with Crippen LogP contribution < -0.4 is 0 Å². The number of carbonyl (C=O) groups is 1. The second-order valence-corrected chi connectivity index (χ2v) is 7.37. The molecule has 0 aromatic carbocycles. The summed E-state index contributed by atoms with van der Waals surface area (Å²) in [5.74, 6) is 1.84. The number of nitrogens with zero attached hydrogens (tertiary/aromatic N) is 4. The van der Waals surface area contributed by atoms with E-state index in [0.717, 1.165) is 43.6 Å². The first-order chi connectivity index (χ1) is 12.0. The molecule has 0 radical (unpaired) electrons. The molecule has 1 saturated carbocycles. The minimum atomic E-state index is -0.165. The number of hydrogen-bond acceptors (Lipinski definition) is 5. The molecule has 2 aromatic rings. The van der Waals surface area contributed by atoms with Gasteiger partial charge >= 0.3 is 0 Å². The Kier molecular flexibility index (Phi) is 3.85. The van der Waals surface area contributed by atoms with Crippen molar-refractivity contribution in [2.45, 2.75) is 51.9 Å². The number of hydrogen-bond donors (Lipinski definition) is 0. The summed E-state index contributed by atoms with van der Waals surface area (Å²) < 4.78 is 5.53. The maximum atomic E-state index is 13.1. The molecule has 0 spiro atoms. The Bertz CT molecular complexity index is 816. The third-order valence-corrected chi connectivity index (χ3v) is 5.85. The summed E-state index contributed by atoms with van der Waals surface area (Å²) in [5, 5.41) is 3.98. The zero-order valence-electron chi connectivity index (χ0n) is 15.1. The largest absolute Gasteiger partial charge is 0.339 e. The van der Waals surface area contributed by atoms with Crippen LogP contribution in [0.2, 0.25) is 0 Å². The van der Waals surface area contributed by atoms with E-state index in [1.54, 1.807) is 0 Å². The third-order valence-electron chi connectivity index (χ3n) is 5.85. The van der Waals surface area contributed by atoms with Gasteiger partial charge in [-0.25, -0.2) is 0 Å². The molecule has 0 unspecified atom stereocenters. The smallest absolute Gasteiger partial charge is 0.255 e. The summed E-state index contributed by atoms with van der Waals surface area (Å²) in [6.07, 6.45) is 4.15. The van der Waals surface area contributed by atoms with Crippen LogP contribution in [-0.2, 0) is 11.8 Å². The molecule has 1 saturated heterocycles. The van der Waals surface area contributed by atoms with E-state index >= 15 is 0 Å². The molecule has 0 bridgehead atoms. The van der Waals surface area contributed by atoms with Crippen molar-refractivity contribution < 1.29 is 9.32 Å². The number of pyridine rings is 1. The van der Waals surface area contributed by atoms with E-state index in [4.69, 9.17) is 4.52 Å². The highest BCUT2D eigenvalue weighted by Crippen LogP contribution is 2.50. The minimum absolute atomic E-state index is 0.0673. The van der Waals surface area contributed by atoms with Gasteiger partial charge in [0.15, 0.2) is 5.82 Å². The van der Waals surface area contributed by atoms with Crippen molar-refractivity contribution in [1.29, 1.82) is 0 Å². The Hall–Kier alpha value is -2.24. The van der Waals surface area contributed by atoms with E-state index < -0.39 is 0 Å². The zero-order valence-corrected chi connectivity index (χ0v) is 15.1. The highest BCUT2D eigenvalue weighted by Gasteiger charge is 2.55. The van der Waals surface area contributed by atoms with Crippen molar-refractivity contribution in [2.24, 2.45) is 5.92 Å². The van der Waals surface area contributed by atoms with E-state index in [1.807, 2.05) is 30.9 Å². The zero-order chi connectivity index (χ0) is 17.6. The van der Waals surface area contributed by atoms with Gasteiger partial charge in [0.25, 0.3) is 5.91 Å². The molecule has 4 rings (SSSR count). The number of carbonyl (C=O) groups excluding carboxylic acids is 1. The predicted molar refractivity (Wildman–Crippen MR) is 92.3 cm³/mol. The molecule has 0 N–H and O–H groups in total. The molecule has 2 fully saturated rings. The van der Waals surface area contributed by atoms with Crippen molar-refractivity contribution in [1.82, 2.24) is 20.0 Å². The van der Waals surface area contributed by atoms with Crippen LogP contribution in [0.4, 0.5) is 0 Å². The quantitative estimate of drug-likeness (QED) is 0.859. The van der Waals surface area contributed by atoms with Crippen LogP contribution >= 0.6 is 0 Å². The maximum absolute atomic E-state index is 13.1. The molecule has 1 aliphatic heterocycles. The summed E-state index contributed by atoms with van der Waals surface area (Å²) in [6, 6.07) is 3.87. The highest BCUT2D eigenvalue weighted by molar-refractivity contribution is 5.95. The molecule has 25 heavy (non-hydrogen) atoms. The fourth-order valence-electron chi connectivity index (χ4n) is 4.50. The van der Waals surface area contributed by atoms with Gasteiger partial charge in [-0.1, -0.05) is 18.5 Å². The molecule has 2 aliphatic rings. The molecule has 1 amide bonds. The predicted octanol–water partition coefficient (Wildman–Crippen LogP) is 2.84. The lowest BCUT2D eigenvalue weighted by atomic mass is 9.80. The molecule has 3 heterocycles. The van der Waals surface area contributed by atoms with Gasteiger partial charge in [0.1, 0.15) is 0 Å². The molecule has 2 atom stereocenters. The third kappa shape index (κ3) is 2.55. The Balaban J connectivity index is 1.62. The SMILES string of the molecule is CCc1ccc(C(=O)N2C[C@@H]3CCC[C@]3(c3nc(C)no3)C2)c(C)n1. The molecule has 6 nitrogen and oxygen atoms in total. The summed E-state index contributed by atoms with van der Waals surface area (Å²) in [4.78, 5) is 24.1. The molecular weight excluding hydrogens is 316 g/mol. The Labute approximate surface area is 147 Å². The average molecular weight is 340 g/mol. The normalized spacial score (nSPS) is 25.4. The molecular formula is C19H24N4O2. The van der Waals surface area contributed by atoms with Gasteiger partial charge in [-0.15, -0.1) is 0 Å². The van der Waals surface area contributed by atoms with Gasteiger partial charge in [0, 0.05) is 18.8 Å². The average Bonchev–Trinajstić information content (AvgIpc) is 3.27. The molecule has 6 heteroatoms. The van der Waals surface area contributed by atoms with Gasteiger partial charge < -0.3 is 9.42 Å². The van der Waals surface area contributed by atoms with Gasteiger partial charge in [0.05, 0.1) is 16.7 Å². The lowest BCUT2D eigenvalue weighted by molar-refractivity contribution is 0.0773. The van der Waals surface area contributed by atoms with Crippen LogP contribution in [0.3, 0.4) is 0 Å². The Morgan fingerprint density at radius 2 is 2.20 bits per heavy atom. The van der Waals surface area contributed by atoms with Gasteiger partial charge in [-0.3, -0.25) is 9.78 Å². The minimum Gasteiger partial charge on any atom is -0.339 e. The van der Waals surface area contributed by atoms with Gasteiger partial charge in [-0.05, 0) is 51.2 Å². The van der Waals surface area contributed by atoms with E-state index in [2.05, 4.69) is 22.0 Å². The first-order valence-electron chi connectivity index (χ1n) is 9.10.